The van der Waals surface area contributed by atoms with E-state index in [4.69, 9.17) is 4.74 Å². The molecule has 1 aromatic heterocycles. The van der Waals surface area contributed by atoms with Crippen LogP contribution in [0.2, 0.25) is 0 Å². The van der Waals surface area contributed by atoms with Crippen molar-refractivity contribution in [3.63, 3.8) is 0 Å². The zero-order chi connectivity index (χ0) is 14.4. The van der Waals surface area contributed by atoms with Crippen molar-refractivity contribution >= 4 is 33.4 Å². The van der Waals surface area contributed by atoms with Crippen molar-refractivity contribution in [3.8, 4) is 0 Å². The molecule has 0 saturated carbocycles. The van der Waals surface area contributed by atoms with Gasteiger partial charge in [0, 0.05) is 26.0 Å². The SMILES string of the molecule is CNc1ncc(Br)c(Nc2ccccc2CCOC)n1. The number of nitrogens with one attached hydrogen (secondary N) is 2. The highest BCUT2D eigenvalue weighted by Gasteiger charge is 2.07. The number of methoxy groups -OCH3 is 1. The molecule has 6 heteroatoms. The third-order valence-electron chi connectivity index (χ3n) is 2.81. The number of para-hydroxylation sites is 1. The maximum atomic E-state index is 5.14. The number of nitrogens with zero attached hydrogens (tertiary/aromatic N) is 2. The van der Waals surface area contributed by atoms with E-state index in [1.54, 1.807) is 20.4 Å². The summed E-state index contributed by atoms with van der Waals surface area (Å²) in [5.74, 6) is 1.30. The van der Waals surface area contributed by atoms with Crippen LogP contribution in [-0.2, 0) is 11.2 Å². The van der Waals surface area contributed by atoms with Crippen molar-refractivity contribution in [2.75, 3.05) is 31.4 Å². The highest BCUT2D eigenvalue weighted by atomic mass is 79.9. The fraction of sp³-hybridized carbons (Fsp3) is 0.286. The Morgan fingerprint density at radius 2 is 2.10 bits per heavy atom. The zero-order valence-electron chi connectivity index (χ0n) is 11.5. The van der Waals surface area contributed by atoms with Crippen LogP contribution in [0.4, 0.5) is 17.5 Å². The van der Waals surface area contributed by atoms with Crippen molar-refractivity contribution in [3.05, 3.63) is 40.5 Å². The third kappa shape index (κ3) is 3.68. The van der Waals surface area contributed by atoms with Crippen molar-refractivity contribution in [2.24, 2.45) is 0 Å². The van der Waals surface area contributed by atoms with Crippen LogP contribution in [0.3, 0.4) is 0 Å². The van der Waals surface area contributed by atoms with Crippen molar-refractivity contribution in [1.29, 1.82) is 0 Å². The van der Waals surface area contributed by atoms with Crippen LogP contribution >= 0.6 is 15.9 Å². The van der Waals surface area contributed by atoms with Gasteiger partial charge in [0.2, 0.25) is 5.95 Å². The minimum atomic E-state index is 0.574. The molecule has 0 amide bonds. The molecule has 0 aliphatic carbocycles. The summed E-state index contributed by atoms with van der Waals surface area (Å²) in [6.45, 7) is 0.686. The number of hydrogen-bond donors (Lipinski definition) is 2. The zero-order valence-corrected chi connectivity index (χ0v) is 13.1. The van der Waals surface area contributed by atoms with Gasteiger partial charge in [-0.2, -0.15) is 4.98 Å². The van der Waals surface area contributed by atoms with Gasteiger partial charge in [-0.15, -0.1) is 0 Å². The van der Waals surface area contributed by atoms with Gasteiger partial charge >= 0.3 is 0 Å². The van der Waals surface area contributed by atoms with E-state index >= 15 is 0 Å². The summed E-state index contributed by atoms with van der Waals surface area (Å²) in [6.07, 6.45) is 2.57. The van der Waals surface area contributed by atoms with Crippen LogP contribution in [-0.4, -0.2) is 30.7 Å². The van der Waals surface area contributed by atoms with Gasteiger partial charge < -0.3 is 15.4 Å². The summed E-state index contributed by atoms with van der Waals surface area (Å²) in [5, 5.41) is 6.26. The highest BCUT2D eigenvalue weighted by Crippen LogP contribution is 2.26. The molecule has 0 radical (unpaired) electrons. The molecule has 106 valence electrons. The van der Waals surface area contributed by atoms with E-state index in [2.05, 4.69) is 42.6 Å². The maximum Gasteiger partial charge on any atom is 0.224 e. The van der Waals surface area contributed by atoms with Crippen LogP contribution in [0, 0.1) is 0 Å². The molecule has 0 aliphatic rings. The van der Waals surface area contributed by atoms with Crippen molar-refractivity contribution in [1.82, 2.24) is 9.97 Å². The Morgan fingerprint density at radius 3 is 2.85 bits per heavy atom. The number of aromatic nitrogens is 2. The van der Waals surface area contributed by atoms with Crippen LogP contribution in [0.15, 0.2) is 34.9 Å². The van der Waals surface area contributed by atoms with Gasteiger partial charge in [-0.3, -0.25) is 0 Å². The lowest BCUT2D eigenvalue weighted by Crippen LogP contribution is -2.04. The Hall–Kier alpha value is -1.66. The second-order valence-corrected chi connectivity index (χ2v) is 5.02. The lowest BCUT2D eigenvalue weighted by molar-refractivity contribution is 0.202. The summed E-state index contributed by atoms with van der Waals surface area (Å²) in [4.78, 5) is 8.54. The Kier molecular flexibility index (Phi) is 5.31. The van der Waals surface area contributed by atoms with E-state index in [1.165, 1.54) is 5.56 Å². The molecule has 0 bridgehead atoms. The normalized spacial score (nSPS) is 10.3. The van der Waals surface area contributed by atoms with Crippen LogP contribution in [0.1, 0.15) is 5.56 Å². The monoisotopic (exact) mass is 336 g/mol. The van der Waals surface area contributed by atoms with E-state index < -0.39 is 0 Å². The molecule has 0 spiro atoms. The standard InChI is InChI=1S/C14H17BrN4O/c1-16-14-17-9-11(15)13(19-14)18-12-6-4-3-5-10(12)7-8-20-2/h3-6,9H,7-8H2,1-2H3,(H2,16,17,18,19). The summed E-state index contributed by atoms with van der Waals surface area (Å²) in [6, 6.07) is 8.12. The largest absolute Gasteiger partial charge is 0.384 e. The smallest absolute Gasteiger partial charge is 0.224 e. The molecule has 5 nitrogen and oxygen atoms in total. The molecule has 0 atom stereocenters. The number of benzene rings is 1. The molecule has 2 rings (SSSR count). The second kappa shape index (κ2) is 7.21. The molecular weight excluding hydrogens is 320 g/mol. The van der Waals surface area contributed by atoms with Crippen molar-refractivity contribution in [2.45, 2.75) is 6.42 Å². The van der Waals surface area contributed by atoms with Crippen LogP contribution in [0.5, 0.6) is 0 Å². The molecule has 20 heavy (non-hydrogen) atoms. The minimum absolute atomic E-state index is 0.574. The molecule has 0 fully saturated rings. The van der Waals surface area contributed by atoms with Gasteiger partial charge in [0.15, 0.2) is 0 Å². The molecule has 0 saturated heterocycles. The average Bonchev–Trinajstić information content (AvgIpc) is 2.48. The number of halogens is 1. The molecule has 1 aromatic carbocycles. The van der Waals surface area contributed by atoms with E-state index in [0.29, 0.717) is 12.6 Å². The molecular formula is C14H17BrN4O. The number of ether oxygens (including phenoxy) is 1. The van der Waals surface area contributed by atoms with Gasteiger partial charge in [-0.25, -0.2) is 4.98 Å². The van der Waals surface area contributed by atoms with Gasteiger partial charge in [0.05, 0.1) is 11.1 Å². The third-order valence-corrected chi connectivity index (χ3v) is 3.39. The minimum Gasteiger partial charge on any atom is -0.384 e. The maximum absolute atomic E-state index is 5.14. The first-order valence-corrected chi connectivity index (χ1v) is 7.08. The predicted molar refractivity (Wildman–Crippen MR) is 84.6 cm³/mol. The highest BCUT2D eigenvalue weighted by molar-refractivity contribution is 9.10. The molecule has 1 heterocycles. The fourth-order valence-electron chi connectivity index (χ4n) is 1.78. The first-order chi connectivity index (χ1) is 9.74. The van der Waals surface area contributed by atoms with Crippen LogP contribution in [0.25, 0.3) is 0 Å². The number of hydrogen-bond acceptors (Lipinski definition) is 5. The van der Waals surface area contributed by atoms with Gasteiger partial charge in [0.1, 0.15) is 5.82 Å². The van der Waals surface area contributed by atoms with Crippen LogP contribution < -0.4 is 10.6 Å². The second-order valence-electron chi connectivity index (χ2n) is 4.17. The van der Waals surface area contributed by atoms with E-state index in [9.17, 15) is 0 Å². The van der Waals surface area contributed by atoms with E-state index in [-0.39, 0.29) is 0 Å². The Balaban J connectivity index is 2.25. The van der Waals surface area contributed by atoms with Gasteiger partial charge in [-0.05, 0) is 34.0 Å². The predicted octanol–water partition coefficient (Wildman–Crippen LogP) is 3.21. The first kappa shape index (κ1) is 14.7. The van der Waals surface area contributed by atoms with Gasteiger partial charge in [-0.1, -0.05) is 18.2 Å². The lowest BCUT2D eigenvalue weighted by Gasteiger charge is -2.13. The lowest BCUT2D eigenvalue weighted by atomic mass is 10.1. The Labute approximate surface area is 126 Å². The molecule has 2 aromatic rings. The van der Waals surface area contributed by atoms with E-state index in [1.807, 2.05) is 18.2 Å². The quantitative estimate of drug-likeness (QED) is 0.848. The fourth-order valence-corrected chi connectivity index (χ4v) is 2.07. The van der Waals surface area contributed by atoms with Crippen molar-refractivity contribution < 1.29 is 4.74 Å². The van der Waals surface area contributed by atoms with E-state index in [0.717, 1.165) is 22.4 Å². The Morgan fingerprint density at radius 1 is 1.30 bits per heavy atom. The molecule has 0 aliphatic heterocycles. The van der Waals surface area contributed by atoms with Gasteiger partial charge in [0.25, 0.3) is 0 Å². The first-order valence-electron chi connectivity index (χ1n) is 6.28. The summed E-state index contributed by atoms with van der Waals surface area (Å²) < 4.78 is 5.96. The Bertz CT molecular complexity index is 577. The summed E-state index contributed by atoms with van der Waals surface area (Å²) in [5.41, 5.74) is 2.21. The molecule has 2 N–H and O–H groups in total. The summed E-state index contributed by atoms with van der Waals surface area (Å²) >= 11 is 3.45. The number of rotatable bonds is 6. The number of anilines is 3. The average molecular weight is 337 g/mol. The molecule has 0 unspecified atom stereocenters. The summed E-state index contributed by atoms with van der Waals surface area (Å²) in [7, 11) is 3.50. The topological polar surface area (TPSA) is 59.1 Å².